The molecule has 0 saturated heterocycles. The molecule has 6 nitrogen and oxygen atoms in total. The molecule has 0 aliphatic carbocycles. The molecule has 0 unspecified atom stereocenters. The van der Waals surface area contributed by atoms with Gasteiger partial charge in [-0.2, -0.15) is 0 Å². The van der Waals surface area contributed by atoms with E-state index < -0.39 is 0 Å². The van der Waals surface area contributed by atoms with Crippen LogP contribution in [0.25, 0.3) is 0 Å². The van der Waals surface area contributed by atoms with Gasteiger partial charge in [-0.3, -0.25) is 4.68 Å². The Morgan fingerprint density at radius 1 is 1.33 bits per heavy atom. The summed E-state index contributed by atoms with van der Waals surface area (Å²) in [5.41, 5.74) is 0. The fraction of sp³-hybridized carbons (Fsp3) is 0.778. The summed E-state index contributed by atoms with van der Waals surface area (Å²) in [5.74, 6) is 0. The highest BCUT2D eigenvalue weighted by molar-refractivity contribution is 4.63. The lowest BCUT2D eigenvalue weighted by atomic mass is 10.4. The van der Waals surface area contributed by atoms with Gasteiger partial charge < -0.3 is 15.2 Å². The molecular weight excluding hydrogens is 196 g/mol. The highest BCUT2D eigenvalue weighted by Gasteiger charge is 1.92. The normalized spacial score (nSPS) is 10.7. The Hall–Kier alpha value is -0.980. The number of aryl methyl sites for hydroxylation is 1. The first-order valence-corrected chi connectivity index (χ1v) is 5.17. The molecule has 6 heteroatoms. The summed E-state index contributed by atoms with van der Waals surface area (Å²) in [4.78, 5) is 0. The molecule has 0 bridgehead atoms. The second kappa shape index (κ2) is 8.34. The quantitative estimate of drug-likeness (QED) is 0.530. The zero-order valence-electron chi connectivity index (χ0n) is 8.80. The number of aliphatic hydroxyl groups is 1. The number of nitrogens with zero attached hydrogens (tertiary/aromatic N) is 3. The topological polar surface area (TPSA) is 72.2 Å². The van der Waals surface area contributed by atoms with Crippen LogP contribution in [-0.2, 0) is 11.3 Å². The van der Waals surface area contributed by atoms with Crippen molar-refractivity contribution >= 4 is 0 Å². The van der Waals surface area contributed by atoms with Crippen molar-refractivity contribution in [2.75, 3.05) is 32.9 Å². The highest BCUT2D eigenvalue weighted by Crippen LogP contribution is 1.85. The summed E-state index contributed by atoms with van der Waals surface area (Å²) in [6.07, 6.45) is 4.55. The lowest BCUT2D eigenvalue weighted by molar-refractivity contribution is 0.0939. The average Bonchev–Trinajstić information content (AvgIpc) is 2.75. The van der Waals surface area contributed by atoms with Crippen molar-refractivity contribution in [2.24, 2.45) is 0 Å². The van der Waals surface area contributed by atoms with Gasteiger partial charge in [0.2, 0.25) is 0 Å². The molecule has 0 atom stereocenters. The van der Waals surface area contributed by atoms with E-state index in [1.54, 1.807) is 6.20 Å². The molecule has 1 rings (SSSR count). The Balaban J connectivity index is 1.81. The van der Waals surface area contributed by atoms with Crippen molar-refractivity contribution in [3.05, 3.63) is 12.4 Å². The SMILES string of the molecule is OCCOCCNCCCn1ccnn1. The molecule has 0 amide bonds. The molecule has 0 aliphatic heterocycles. The molecule has 0 spiro atoms. The molecule has 2 N–H and O–H groups in total. The number of aromatic nitrogens is 3. The third-order valence-corrected chi connectivity index (χ3v) is 1.87. The zero-order valence-corrected chi connectivity index (χ0v) is 8.80. The van der Waals surface area contributed by atoms with E-state index in [2.05, 4.69) is 15.6 Å². The second-order valence-electron chi connectivity index (χ2n) is 3.11. The standard InChI is InChI=1S/C9H18N4O2/c14-7-9-15-8-4-10-2-1-5-13-6-3-11-12-13/h3,6,10,14H,1-2,4-5,7-9H2. The third-order valence-electron chi connectivity index (χ3n) is 1.87. The monoisotopic (exact) mass is 214 g/mol. The Bertz CT molecular complexity index is 228. The average molecular weight is 214 g/mol. The summed E-state index contributed by atoms with van der Waals surface area (Å²) in [6.45, 7) is 3.78. The summed E-state index contributed by atoms with van der Waals surface area (Å²) in [7, 11) is 0. The van der Waals surface area contributed by atoms with E-state index in [4.69, 9.17) is 9.84 Å². The number of ether oxygens (including phenoxy) is 1. The van der Waals surface area contributed by atoms with Crippen LogP contribution in [0.4, 0.5) is 0 Å². The minimum absolute atomic E-state index is 0.0896. The predicted octanol–water partition coefficient (Wildman–Crippen LogP) is -0.733. The van der Waals surface area contributed by atoms with Gasteiger partial charge in [-0.15, -0.1) is 5.10 Å². The third kappa shape index (κ3) is 6.16. The van der Waals surface area contributed by atoms with E-state index in [0.717, 1.165) is 26.1 Å². The van der Waals surface area contributed by atoms with Crippen LogP contribution in [0.2, 0.25) is 0 Å². The van der Waals surface area contributed by atoms with Gasteiger partial charge in [0.25, 0.3) is 0 Å². The van der Waals surface area contributed by atoms with Gasteiger partial charge >= 0.3 is 0 Å². The van der Waals surface area contributed by atoms with Gasteiger partial charge in [0.1, 0.15) is 0 Å². The van der Waals surface area contributed by atoms with Gasteiger partial charge in [0.15, 0.2) is 0 Å². The Morgan fingerprint density at radius 2 is 2.27 bits per heavy atom. The van der Waals surface area contributed by atoms with Crippen LogP contribution < -0.4 is 5.32 Å². The van der Waals surface area contributed by atoms with Crippen molar-refractivity contribution in [1.29, 1.82) is 0 Å². The first-order valence-electron chi connectivity index (χ1n) is 5.17. The summed E-state index contributed by atoms with van der Waals surface area (Å²) in [5, 5.41) is 19.3. The fourth-order valence-electron chi connectivity index (χ4n) is 1.15. The fourth-order valence-corrected chi connectivity index (χ4v) is 1.15. The molecule has 0 radical (unpaired) electrons. The molecule has 86 valence electrons. The van der Waals surface area contributed by atoms with E-state index in [1.165, 1.54) is 0 Å². The van der Waals surface area contributed by atoms with Crippen LogP contribution >= 0.6 is 0 Å². The number of nitrogens with one attached hydrogen (secondary N) is 1. The molecule has 1 heterocycles. The molecule has 1 aromatic heterocycles. The van der Waals surface area contributed by atoms with E-state index >= 15 is 0 Å². The first kappa shape index (κ1) is 12.1. The van der Waals surface area contributed by atoms with Crippen molar-refractivity contribution in [3.63, 3.8) is 0 Å². The maximum Gasteiger partial charge on any atom is 0.0698 e. The number of aliphatic hydroxyl groups excluding tert-OH is 1. The Kier molecular flexibility index (Phi) is 6.72. The van der Waals surface area contributed by atoms with Crippen LogP contribution in [-0.4, -0.2) is 53.0 Å². The lowest BCUT2D eigenvalue weighted by Gasteiger charge is -2.04. The largest absolute Gasteiger partial charge is 0.394 e. The second-order valence-corrected chi connectivity index (χ2v) is 3.11. The van der Waals surface area contributed by atoms with E-state index in [0.29, 0.717) is 13.2 Å². The van der Waals surface area contributed by atoms with Crippen LogP contribution in [0.15, 0.2) is 12.4 Å². The van der Waals surface area contributed by atoms with E-state index in [-0.39, 0.29) is 6.61 Å². The Morgan fingerprint density at radius 3 is 3.00 bits per heavy atom. The zero-order chi connectivity index (χ0) is 10.8. The van der Waals surface area contributed by atoms with Gasteiger partial charge in [0, 0.05) is 19.3 Å². The van der Waals surface area contributed by atoms with Gasteiger partial charge in [0.05, 0.1) is 26.0 Å². The van der Waals surface area contributed by atoms with Crippen LogP contribution in [0.3, 0.4) is 0 Å². The number of hydrogen-bond acceptors (Lipinski definition) is 5. The maximum absolute atomic E-state index is 8.45. The number of rotatable bonds is 9. The van der Waals surface area contributed by atoms with Gasteiger partial charge in [-0.25, -0.2) is 0 Å². The lowest BCUT2D eigenvalue weighted by Crippen LogP contribution is -2.22. The summed E-state index contributed by atoms with van der Waals surface area (Å²) in [6, 6.07) is 0. The predicted molar refractivity (Wildman–Crippen MR) is 55.4 cm³/mol. The Labute approximate surface area is 89.2 Å². The van der Waals surface area contributed by atoms with Crippen molar-refractivity contribution in [1.82, 2.24) is 20.3 Å². The van der Waals surface area contributed by atoms with Crippen LogP contribution in [0, 0.1) is 0 Å². The maximum atomic E-state index is 8.45. The first-order chi connectivity index (χ1) is 7.43. The molecule has 1 aromatic rings. The molecule has 0 aromatic carbocycles. The van der Waals surface area contributed by atoms with E-state index in [9.17, 15) is 0 Å². The highest BCUT2D eigenvalue weighted by atomic mass is 16.5. The van der Waals surface area contributed by atoms with Crippen LogP contribution in [0.1, 0.15) is 6.42 Å². The van der Waals surface area contributed by atoms with Gasteiger partial charge in [-0.05, 0) is 13.0 Å². The summed E-state index contributed by atoms with van der Waals surface area (Å²) < 4.78 is 6.90. The minimum Gasteiger partial charge on any atom is -0.394 e. The number of hydrogen-bond donors (Lipinski definition) is 2. The van der Waals surface area contributed by atoms with Crippen LogP contribution in [0.5, 0.6) is 0 Å². The van der Waals surface area contributed by atoms with Gasteiger partial charge in [-0.1, -0.05) is 5.21 Å². The summed E-state index contributed by atoms with van der Waals surface area (Å²) >= 11 is 0. The molecular formula is C9H18N4O2. The molecule has 0 aliphatic rings. The van der Waals surface area contributed by atoms with Crippen molar-refractivity contribution < 1.29 is 9.84 Å². The van der Waals surface area contributed by atoms with Crippen molar-refractivity contribution in [3.8, 4) is 0 Å². The van der Waals surface area contributed by atoms with Crippen molar-refractivity contribution in [2.45, 2.75) is 13.0 Å². The molecule has 0 saturated carbocycles. The van der Waals surface area contributed by atoms with E-state index in [1.807, 2.05) is 10.9 Å². The molecule has 0 fully saturated rings. The molecule has 15 heavy (non-hydrogen) atoms. The minimum atomic E-state index is 0.0896. The smallest absolute Gasteiger partial charge is 0.0698 e.